The van der Waals surface area contributed by atoms with Crippen molar-refractivity contribution in [2.75, 3.05) is 4.90 Å². The van der Waals surface area contributed by atoms with E-state index < -0.39 is 0 Å². The molecule has 0 bridgehead atoms. The Morgan fingerprint density at radius 2 is 0.870 bits per heavy atom. The van der Waals surface area contributed by atoms with Gasteiger partial charge < -0.3 is 4.90 Å². The molecule has 2 heterocycles. The maximum Gasteiger partial charge on any atom is 0.0640 e. The van der Waals surface area contributed by atoms with Crippen LogP contribution in [0.25, 0.3) is 85.5 Å². The van der Waals surface area contributed by atoms with Gasteiger partial charge in [0.2, 0.25) is 0 Å². The SMILES string of the molecule is c1ccc2c(c1)cc(-c1ccc(N(c3ccc(-c4cc5ccccc5c5ccccc45)cc3)c3cccc4c3sc3cnccc34)cc1)c1ccccc12. The smallest absolute Gasteiger partial charge is 0.0640 e. The van der Waals surface area contributed by atoms with E-state index >= 15 is 0 Å². The van der Waals surface area contributed by atoms with Crippen LogP contribution < -0.4 is 4.90 Å². The summed E-state index contributed by atoms with van der Waals surface area (Å²) in [4.78, 5) is 6.87. The summed E-state index contributed by atoms with van der Waals surface area (Å²) in [6.07, 6.45) is 3.88. The molecule has 0 aliphatic heterocycles. The van der Waals surface area contributed by atoms with Gasteiger partial charge in [0.15, 0.2) is 0 Å². The van der Waals surface area contributed by atoms with Gasteiger partial charge in [0, 0.05) is 34.5 Å². The molecule has 252 valence electrons. The van der Waals surface area contributed by atoms with Crippen LogP contribution in [0.5, 0.6) is 0 Å². The van der Waals surface area contributed by atoms with E-state index in [-0.39, 0.29) is 0 Å². The Labute approximate surface area is 316 Å². The number of benzene rings is 9. The molecule has 2 nitrogen and oxygen atoms in total. The largest absolute Gasteiger partial charge is 0.309 e. The van der Waals surface area contributed by atoms with Crippen LogP contribution in [0.1, 0.15) is 0 Å². The monoisotopic (exact) mass is 704 g/mol. The number of pyridine rings is 1. The van der Waals surface area contributed by atoms with Crippen LogP contribution >= 0.6 is 11.3 Å². The lowest BCUT2D eigenvalue weighted by Gasteiger charge is -2.26. The predicted molar refractivity (Wildman–Crippen MR) is 233 cm³/mol. The van der Waals surface area contributed by atoms with Crippen LogP contribution in [0.15, 0.2) is 194 Å². The fraction of sp³-hybridized carbons (Fsp3) is 0. The van der Waals surface area contributed by atoms with Crippen LogP contribution in [0.3, 0.4) is 0 Å². The lowest BCUT2D eigenvalue weighted by atomic mass is 9.93. The first kappa shape index (κ1) is 30.8. The van der Waals surface area contributed by atoms with Crippen LogP contribution in [0.2, 0.25) is 0 Å². The van der Waals surface area contributed by atoms with Crippen LogP contribution in [-0.4, -0.2) is 4.98 Å². The summed E-state index contributed by atoms with van der Waals surface area (Å²) in [5, 5.41) is 12.6. The van der Waals surface area contributed by atoms with E-state index in [1.807, 2.05) is 12.4 Å². The van der Waals surface area contributed by atoms with Gasteiger partial charge in [-0.2, -0.15) is 0 Å². The summed E-state index contributed by atoms with van der Waals surface area (Å²) in [5.74, 6) is 0. The second-order valence-corrected chi connectivity index (χ2v) is 15.0. The van der Waals surface area contributed by atoms with Gasteiger partial charge in [0.1, 0.15) is 0 Å². The number of thiophene rings is 1. The van der Waals surface area contributed by atoms with Gasteiger partial charge >= 0.3 is 0 Å². The maximum absolute atomic E-state index is 4.45. The molecule has 0 N–H and O–H groups in total. The first-order chi connectivity index (χ1) is 26.8. The Morgan fingerprint density at radius 1 is 0.389 bits per heavy atom. The van der Waals surface area contributed by atoms with Gasteiger partial charge in [-0.1, -0.05) is 133 Å². The number of anilines is 3. The van der Waals surface area contributed by atoms with Crippen molar-refractivity contribution >= 4 is 91.7 Å². The average molecular weight is 705 g/mol. The Hall–Kier alpha value is -6.81. The summed E-state index contributed by atoms with van der Waals surface area (Å²) < 4.78 is 2.44. The zero-order chi connectivity index (χ0) is 35.6. The highest BCUT2D eigenvalue weighted by molar-refractivity contribution is 7.26. The topological polar surface area (TPSA) is 16.1 Å². The summed E-state index contributed by atoms with van der Waals surface area (Å²) in [5.41, 5.74) is 8.26. The highest BCUT2D eigenvalue weighted by Crippen LogP contribution is 2.46. The molecule has 54 heavy (non-hydrogen) atoms. The molecule has 0 saturated heterocycles. The minimum absolute atomic E-state index is 1.11. The van der Waals surface area contributed by atoms with Crippen LogP contribution in [0.4, 0.5) is 17.1 Å². The molecule has 9 aromatic carbocycles. The number of fused-ring (bicyclic) bond motifs is 9. The summed E-state index contributed by atoms with van der Waals surface area (Å²) in [7, 11) is 0. The number of nitrogens with zero attached hydrogens (tertiary/aromatic N) is 2. The van der Waals surface area contributed by atoms with E-state index in [2.05, 4.69) is 192 Å². The number of hydrogen-bond acceptors (Lipinski definition) is 3. The van der Waals surface area contributed by atoms with Gasteiger partial charge in [-0.05, 0) is 114 Å². The molecular weight excluding hydrogens is 673 g/mol. The molecule has 2 aromatic heterocycles. The highest BCUT2D eigenvalue weighted by atomic mass is 32.1. The van der Waals surface area contributed by atoms with E-state index in [9.17, 15) is 0 Å². The maximum atomic E-state index is 4.45. The quantitative estimate of drug-likeness (QED) is 0.166. The Kier molecular flexibility index (Phi) is 7.07. The summed E-state index contributed by atoms with van der Waals surface area (Å²) in [6, 6.07) is 66.6. The first-order valence-electron chi connectivity index (χ1n) is 18.4. The van der Waals surface area contributed by atoms with Crippen LogP contribution in [-0.2, 0) is 0 Å². The summed E-state index contributed by atoms with van der Waals surface area (Å²) >= 11 is 1.81. The van der Waals surface area contributed by atoms with E-state index in [1.165, 1.54) is 85.5 Å². The Bertz CT molecular complexity index is 3050. The van der Waals surface area contributed by atoms with Crippen molar-refractivity contribution in [2.24, 2.45) is 0 Å². The van der Waals surface area contributed by atoms with Crippen molar-refractivity contribution in [2.45, 2.75) is 0 Å². The second-order valence-electron chi connectivity index (χ2n) is 13.9. The molecule has 0 spiro atoms. The highest BCUT2D eigenvalue weighted by Gasteiger charge is 2.19. The summed E-state index contributed by atoms with van der Waals surface area (Å²) in [6.45, 7) is 0. The Balaban J connectivity index is 1.08. The second kappa shape index (κ2) is 12.4. The number of aromatic nitrogens is 1. The molecule has 0 fully saturated rings. The van der Waals surface area contributed by atoms with Crippen LogP contribution in [0, 0.1) is 0 Å². The normalized spacial score (nSPS) is 11.7. The number of hydrogen-bond donors (Lipinski definition) is 0. The molecule has 11 rings (SSSR count). The van der Waals surface area contributed by atoms with E-state index in [4.69, 9.17) is 0 Å². The van der Waals surface area contributed by atoms with E-state index in [1.54, 1.807) is 11.3 Å². The third kappa shape index (κ3) is 4.90. The molecule has 0 atom stereocenters. The zero-order valence-corrected chi connectivity index (χ0v) is 30.1. The molecule has 11 aromatic rings. The minimum atomic E-state index is 1.11. The molecule has 3 heteroatoms. The number of rotatable bonds is 5. The lowest BCUT2D eigenvalue weighted by molar-refractivity contribution is 1.30. The van der Waals surface area contributed by atoms with Crippen molar-refractivity contribution in [1.29, 1.82) is 0 Å². The fourth-order valence-electron chi connectivity index (χ4n) is 8.41. The average Bonchev–Trinajstić information content (AvgIpc) is 3.63. The standard InChI is InChI=1S/C51H32N2S/c1-3-12-39-35(10-1)30-47(43-16-7-5-14-41(39)43)33-20-24-37(25-21-33)53(49-19-9-18-46-45-28-29-52-32-50(45)54-51(46)49)38-26-22-34(23-27-38)48-31-36-11-2-4-13-40(36)42-15-6-8-17-44(42)48/h1-32H. The van der Waals surface area contributed by atoms with Gasteiger partial charge in [0.05, 0.1) is 15.1 Å². The van der Waals surface area contributed by atoms with Crippen molar-refractivity contribution in [3.63, 3.8) is 0 Å². The van der Waals surface area contributed by atoms with Gasteiger partial charge in [-0.3, -0.25) is 4.98 Å². The molecular formula is C51H32N2S. The lowest BCUT2D eigenvalue weighted by Crippen LogP contribution is -2.10. The fourth-order valence-corrected chi connectivity index (χ4v) is 9.58. The third-order valence-electron chi connectivity index (χ3n) is 10.9. The molecule has 0 aliphatic rings. The van der Waals surface area contributed by atoms with Crippen molar-refractivity contribution < 1.29 is 0 Å². The Morgan fingerprint density at radius 3 is 1.43 bits per heavy atom. The molecule has 0 saturated carbocycles. The van der Waals surface area contributed by atoms with Gasteiger partial charge in [-0.25, -0.2) is 0 Å². The molecule has 0 amide bonds. The third-order valence-corrected chi connectivity index (χ3v) is 12.1. The van der Waals surface area contributed by atoms with E-state index in [0.717, 1.165) is 17.1 Å². The molecule has 0 radical (unpaired) electrons. The van der Waals surface area contributed by atoms with Crippen molar-refractivity contribution in [3.05, 3.63) is 194 Å². The minimum Gasteiger partial charge on any atom is -0.309 e. The van der Waals surface area contributed by atoms with Crippen molar-refractivity contribution in [3.8, 4) is 22.3 Å². The van der Waals surface area contributed by atoms with Crippen molar-refractivity contribution in [1.82, 2.24) is 4.98 Å². The van der Waals surface area contributed by atoms with E-state index in [0.29, 0.717) is 0 Å². The predicted octanol–water partition coefficient (Wildman–Crippen LogP) is 14.9. The zero-order valence-electron chi connectivity index (χ0n) is 29.3. The van der Waals surface area contributed by atoms with Gasteiger partial charge in [-0.15, -0.1) is 11.3 Å². The molecule has 0 unspecified atom stereocenters. The van der Waals surface area contributed by atoms with Gasteiger partial charge in [0.25, 0.3) is 0 Å². The molecule has 0 aliphatic carbocycles. The first-order valence-corrected chi connectivity index (χ1v) is 19.2.